The summed E-state index contributed by atoms with van der Waals surface area (Å²) in [5, 5.41) is 13.0. The zero-order chi connectivity index (χ0) is 18.2. The number of aryl methyl sites for hydroxylation is 2. The van der Waals surface area contributed by atoms with Gasteiger partial charge in [-0.1, -0.05) is 5.16 Å². The van der Waals surface area contributed by atoms with Crippen molar-refractivity contribution < 1.29 is 14.1 Å². The molecule has 0 aliphatic rings. The number of carbonyl (C=O) groups is 1. The first-order valence-electron chi connectivity index (χ1n) is 8.06. The SMILES string of the molecule is CN=C(NCCNC(=O)OC(C)(C)C)NCCc1c(C)noc1C.I. The number of halogens is 1. The van der Waals surface area contributed by atoms with Gasteiger partial charge in [0.1, 0.15) is 11.4 Å². The molecule has 1 heterocycles. The summed E-state index contributed by atoms with van der Waals surface area (Å²) in [5.41, 5.74) is 1.54. The molecule has 0 aliphatic carbocycles. The van der Waals surface area contributed by atoms with Gasteiger partial charge in [0.05, 0.1) is 5.69 Å². The largest absolute Gasteiger partial charge is 0.444 e. The number of aromatic nitrogens is 1. The molecule has 1 amide bonds. The number of nitrogens with zero attached hydrogens (tertiary/aromatic N) is 2. The van der Waals surface area contributed by atoms with Crippen LogP contribution in [0.4, 0.5) is 4.79 Å². The molecule has 1 rings (SSSR count). The number of hydrogen-bond donors (Lipinski definition) is 3. The van der Waals surface area contributed by atoms with Crippen molar-refractivity contribution in [3.8, 4) is 0 Å². The monoisotopic (exact) mass is 467 g/mol. The number of hydrogen-bond acceptors (Lipinski definition) is 5. The molecule has 0 fully saturated rings. The number of rotatable bonds is 6. The van der Waals surface area contributed by atoms with Crippen LogP contribution in [0.5, 0.6) is 0 Å². The summed E-state index contributed by atoms with van der Waals surface area (Å²) in [6.07, 6.45) is 0.378. The fraction of sp³-hybridized carbons (Fsp3) is 0.688. The second-order valence-electron chi connectivity index (χ2n) is 6.41. The third-order valence-corrected chi connectivity index (χ3v) is 3.16. The minimum Gasteiger partial charge on any atom is -0.444 e. The lowest BCUT2D eigenvalue weighted by Crippen LogP contribution is -2.43. The van der Waals surface area contributed by atoms with Crippen molar-refractivity contribution in [1.82, 2.24) is 21.1 Å². The first kappa shape index (κ1) is 23.5. The summed E-state index contributed by atoms with van der Waals surface area (Å²) in [4.78, 5) is 15.7. The molecular weight excluding hydrogens is 437 g/mol. The number of alkyl carbamates (subject to hydrolysis) is 1. The molecule has 1 aromatic heterocycles. The van der Waals surface area contributed by atoms with E-state index in [1.807, 2.05) is 34.6 Å². The maximum absolute atomic E-state index is 11.5. The van der Waals surface area contributed by atoms with Crippen LogP contribution in [0.25, 0.3) is 0 Å². The van der Waals surface area contributed by atoms with Gasteiger partial charge in [-0.3, -0.25) is 4.99 Å². The Bertz CT molecular complexity index is 547. The number of guanidine groups is 1. The van der Waals surface area contributed by atoms with Gasteiger partial charge in [-0.2, -0.15) is 0 Å². The number of carbonyl (C=O) groups excluding carboxylic acids is 1. The summed E-state index contributed by atoms with van der Waals surface area (Å²) in [7, 11) is 1.70. The molecule has 0 atom stereocenters. The Morgan fingerprint density at radius 1 is 1.16 bits per heavy atom. The lowest BCUT2D eigenvalue weighted by Gasteiger charge is -2.19. The minimum absolute atomic E-state index is 0. The van der Waals surface area contributed by atoms with E-state index in [-0.39, 0.29) is 24.0 Å². The molecule has 9 heteroatoms. The van der Waals surface area contributed by atoms with E-state index in [2.05, 4.69) is 26.1 Å². The molecule has 0 aliphatic heterocycles. The van der Waals surface area contributed by atoms with Gasteiger partial charge < -0.3 is 25.2 Å². The van der Waals surface area contributed by atoms with Crippen LogP contribution in [0.15, 0.2) is 9.52 Å². The predicted molar refractivity (Wildman–Crippen MR) is 109 cm³/mol. The van der Waals surface area contributed by atoms with Crippen LogP contribution in [-0.4, -0.2) is 49.5 Å². The molecule has 0 bridgehead atoms. The molecule has 144 valence electrons. The third kappa shape index (κ3) is 9.51. The third-order valence-electron chi connectivity index (χ3n) is 3.16. The average molecular weight is 467 g/mol. The summed E-state index contributed by atoms with van der Waals surface area (Å²) in [6, 6.07) is 0. The number of amides is 1. The van der Waals surface area contributed by atoms with E-state index in [4.69, 9.17) is 9.26 Å². The van der Waals surface area contributed by atoms with Gasteiger partial charge in [-0.05, 0) is 41.0 Å². The quantitative estimate of drug-likeness (QED) is 0.257. The molecule has 0 unspecified atom stereocenters. The van der Waals surface area contributed by atoms with Crippen LogP contribution < -0.4 is 16.0 Å². The lowest BCUT2D eigenvalue weighted by atomic mass is 10.1. The van der Waals surface area contributed by atoms with Crippen molar-refractivity contribution >= 4 is 36.0 Å². The second-order valence-corrected chi connectivity index (χ2v) is 6.41. The van der Waals surface area contributed by atoms with Crippen LogP contribution >= 0.6 is 24.0 Å². The van der Waals surface area contributed by atoms with Crippen LogP contribution in [0.1, 0.15) is 37.8 Å². The smallest absolute Gasteiger partial charge is 0.407 e. The van der Waals surface area contributed by atoms with Crippen LogP contribution in [0.2, 0.25) is 0 Å². The van der Waals surface area contributed by atoms with Gasteiger partial charge in [0.25, 0.3) is 0 Å². The van der Waals surface area contributed by atoms with E-state index in [9.17, 15) is 4.79 Å². The molecule has 0 saturated carbocycles. The van der Waals surface area contributed by atoms with Crippen molar-refractivity contribution in [2.24, 2.45) is 4.99 Å². The lowest BCUT2D eigenvalue weighted by molar-refractivity contribution is 0.0529. The molecule has 0 aromatic carbocycles. The van der Waals surface area contributed by atoms with Crippen molar-refractivity contribution in [1.29, 1.82) is 0 Å². The highest BCUT2D eigenvalue weighted by molar-refractivity contribution is 14.0. The molecule has 3 N–H and O–H groups in total. The van der Waals surface area contributed by atoms with Gasteiger partial charge in [-0.15, -0.1) is 24.0 Å². The molecule has 25 heavy (non-hydrogen) atoms. The topological polar surface area (TPSA) is 101 Å². The summed E-state index contributed by atoms with van der Waals surface area (Å²) in [6.45, 7) is 11.0. The minimum atomic E-state index is -0.493. The normalized spacial score (nSPS) is 11.5. The highest BCUT2D eigenvalue weighted by atomic mass is 127. The highest BCUT2D eigenvalue weighted by Crippen LogP contribution is 2.11. The first-order valence-corrected chi connectivity index (χ1v) is 8.06. The molecule has 0 saturated heterocycles. The zero-order valence-corrected chi connectivity index (χ0v) is 18.2. The Balaban J connectivity index is 0.00000576. The Hall–Kier alpha value is -1.52. The second kappa shape index (κ2) is 11.2. The van der Waals surface area contributed by atoms with E-state index in [1.165, 1.54) is 0 Å². The van der Waals surface area contributed by atoms with Crippen molar-refractivity contribution in [2.45, 2.75) is 46.6 Å². The Kier molecular flexibility index (Phi) is 10.5. The summed E-state index contributed by atoms with van der Waals surface area (Å²) in [5.74, 6) is 1.52. The standard InChI is InChI=1S/C16H29N5O3.HI/c1-11-13(12(2)24-21-11)7-8-18-14(17-6)19-9-10-20-15(22)23-16(3,4)5;/h7-10H2,1-6H3,(H,20,22)(H2,17,18,19);1H. The van der Waals surface area contributed by atoms with Crippen LogP contribution in [0, 0.1) is 13.8 Å². The van der Waals surface area contributed by atoms with E-state index in [1.54, 1.807) is 7.05 Å². The molecule has 0 radical (unpaired) electrons. The molecule has 0 spiro atoms. The van der Waals surface area contributed by atoms with Crippen LogP contribution in [-0.2, 0) is 11.2 Å². The summed E-state index contributed by atoms with van der Waals surface area (Å²) >= 11 is 0. The fourth-order valence-electron chi connectivity index (χ4n) is 2.04. The van der Waals surface area contributed by atoms with E-state index in [0.717, 1.165) is 23.4 Å². The van der Waals surface area contributed by atoms with Gasteiger partial charge in [0, 0.05) is 32.2 Å². The van der Waals surface area contributed by atoms with Crippen molar-refractivity contribution in [2.75, 3.05) is 26.7 Å². The van der Waals surface area contributed by atoms with Crippen molar-refractivity contribution in [3.63, 3.8) is 0 Å². The van der Waals surface area contributed by atoms with E-state index in [0.29, 0.717) is 25.6 Å². The number of nitrogens with one attached hydrogen (secondary N) is 3. The van der Waals surface area contributed by atoms with E-state index < -0.39 is 11.7 Å². The zero-order valence-electron chi connectivity index (χ0n) is 15.9. The maximum atomic E-state index is 11.5. The predicted octanol–water partition coefficient (Wildman–Crippen LogP) is 2.14. The Labute approximate surface area is 166 Å². The van der Waals surface area contributed by atoms with Crippen molar-refractivity contribution in [3.05, 3.63) is 17.0 Å². The average Bonchev–Trinajstić information content (AvgIpc) is 2.79. The van der Waals surface area contributed by atoms with Gasteiger partial charge in [-0.25, -0.2) is 4.79 Å². The molecule has 8 nitrogen and oxygen atoms in total. The van der Waals surface area contributed by atoms with Gasteiger partial charge in [0.15, 0.2) is 5.96 Å². The fourth-order valence-corrected chi connectivity index (χ4v) is 2.04. The first-order chi connectivity index (χ1) is 11.2. The van der Waals surface area contributed by atoms with Gasteiger partial charge in [0.2, 0.25) is 0 Å². The van der Waals surface area contributed by atoms with E-state index >= 15 is 0 Å². The Morgan fingerprint density at radius 2 is 1.76 bits per heavy atom. The summed E-state index contributed by atoms with van der Waals surface area (Å²) < 4.78 is 10.3. The maximum Gasteiger partial charge on any atom is 0.407 e. The Morgan fingerprint density at radius 3 is 2.28 bits per heavy atom. The number of ether oxygens (including phenoxy) is 1. The molecular formula is C16H30IN5O3. The van der Waals surface area contributed by atoms with Gasteiger partial charge >= 0.3 is 6.09 Å². The molecule has 1 aromatic rings. The number of aliphatic imine (C=N–C) groups is 1. The highest BCUT2D eigenvalue weighted by Gasteiger charge is 2.15. The van der Waals surface area contributed by atoms with Crippen LogP contribution in [0.3, 0.4) is 0 Å².